The van der Waals surface area contributed by atoms with Gasteiger partial charge in [0.2, 0.25) is 5.91 Å². The van der Waals surface area contributed by atoms with Crippen LogP contribution in [-0.4, -0.2) is 29.5 Å². The van der Waals surface area contributed by atoms with E-state index in [1.165, 1.54) is 0 Å². The summed E-state index contributed by atoms with van der Waals surface area (Å²) in [5.41, 5.74) is 0. The van der Waals surface area contributed by atoms with E-state index in [9.17, 15) is 4.79 Å². The van der Waals surface area contributed by atoms with E-state index < -0.39 is 0 Å². The Morgan fingerprint density at radius 2 is 2.10 bits per heavy atom. The van der Waals surface area contributed by atoms with Gasteiger partial charge in [-0.05, 0) is 13.0 Å². The van der Waals surface area contributed by atoms with Crippen molar-refractivity contribution in [3.05, 3.63) is 12.7 Å². The van der Waals surface area contributed by atoms with Gasteiger partial charge in [-0.1, -0.05) is 6.58 Å². The van der Waals surface area contributed by atoms with Crippen molar-refractivity contribution < 1.29 is 15.0 Å². The fourth-order valence-corrected chi connectivity index (χ4v) is 0.150. The van der Waals surface area contributed by atoms with Gasteiger partial charge in [-0.15, -0.1) is 0 Å². The number of carbonyl (C=O) groups is 1. The van der Waals surface area contributed by atoms with Gasteiger partial charge in [-0.2, -0.15) is 0 Å². The largest absolute Gasteiger partial charge is 0.397 e. The zero-order valence-corrected chi connectivity index (χ0v) is 6.00. The molecule has 0 aliphatic rings. The molecule has 0 heterocycles. The van der Waals surface area contributed by atoms with Crippen molar-refractivity contribution in [2.45, 2.75) is 6.92 Å². The predicted molar refractivity (Wildman–Crippen MR) is 38.2 cm³/mol. The van der Waals surface area contributed by atoms with Crippen LogP contribution in [-0.2, 0) is 4.79 Å². The summed E-state index contributed by atoms with van der Waals surface area (Å²) < 4.78 is 0. The monoisotopic (exact) mass is 147 g/mol. The highest BCUT2D eigenvalue weighted by Crippen LogP contribution is 1.59. The van der Waals surface area contributed by atoms with Crippen molar-refractivity contribution >= 4 is 5.91 Å². The van der Waals surface area contributed by atoms with Gasteiger partial charge in [0.05, 0.1) is 0 Å². The standard InChI is InChI=1S/C4H7NO2.C2H6O/c1-2-4(7)5-3-6;1-2-3/h2,6H,1,3H2,(H,5,7);3H,2H2,1H3. The number of nitrogens with one attached hydrogen (secondary N) is 1. The molecule has 4 nitrogen and oxygen atoms in total. The maximum absolute atomic E-state index is 10.0. The summed E-state index contributed by atoms with van der Waals surface area (Å²) in [6.07, 6.45) is 1.09. The molecule has 10 heavy (non-hydrogen) atoms. The van der Waals surface area contributed by atoms with Gasteiger partial charge < -0.3 is 15.5 Å². The number of carbonyl (C=O) groups excluding carboxylic acids is 1. The van der Waals surface area contributed by atoms with Crippen molar-refractivity contribution in [2.75, 3.05) is 13.3 Å². The van der Waals surface area contributed by atoms with E-state index >= 15 is 0 Å². The van der Waals surface area contributed by atoms with E-state index in [1.807, 2.05) is 0 Å². The first kappa shape index (κ1) is 11.9. The van der Waals surface area contributed by atoms with Crippen LogP contribution < -0.4 is 5.32 Å². The topological polar surface area (TPSA) is 69.6 Å². The Morgan fingerprint density at radius 1 is 1.70 bits per heavy atom. The summed E-state index contributed by atoms with van der Waals surface area (Å²) in [5, 5.41) is 17.7. The number of aliphatic hydroxyl groups is 2. The zero-order valence-electron chi connectivity index (χ0n) is 6.00. The second-order valence-electron chi connectivity index (χ2n) is 1.22. The number of amides is 1. The summed E-state index contributed by atoms with van der Waals surface area (Å²) in [6.45, 7) is 4.76. The van der Waals surface area contributed by atoms with Crippen LogP contribution in [0.4, 0.5) is 0 Å². The Morgan fingerprint density at radius 3 is 2.20 bits per heavy atom. The normalized spacial score (nSPS) is 7.10. The van der Waals surface area contributed by atoms with Crippen LogP contribution in [0.5, 0.6) is 0 Å². The Labute approximate surface area is 60.2 Å². The van der Waals surface area contributed by atoms with Gasteiger partial charge in [0.25, 0.3) is 0 Å². The van der Waals surface area contributed by atoms with Gasteiger partial charge in [0, 0.05) is 6.61 Å². The van der Waals surface area contributed by atoms with Crippen molar-refractivity contribution in [3.8, 4) is 0 Å². The highest BCUT2D eigenvalue weighted by atomic mass is 16.3. The molecule has 3 N–H and O–H groups in total. The van der Waals surface area contributed by atoms with Crippen LogP contribution in [0, 0.1) is 0 Å². The molecule has 0 aromatic heterocycles. The first-order valence-corrected chi connectivity index (χ1v) is 2.84. The van der Waals surface area contributed by atoms with E-state index in [2.05, 4.69) is 11.9 Å². The lowest BCUT2D eigenvalue weighted by atomic mass is 10.6. The molecule has 1 amide bonds. The molecule has 0 saturated heterocycles. The molecule has 0 aliphatic carbocycles. The number of aliphatic hydroxyl groups excluding tert-OH is 2. The lowest BCUT2D eigenvalue weighted by Crippen LogP contribution is -2.20. The highest BCUT2D eigenvalue weighted by molar-refractivity contribution is 5.86. The number of hydrogen-bond acceptors (Lipinski definition) is 3. The Hall–Kier alpha value is -0.870. The predicted octanol–water partition coefficient (Wildman–Crippen LogP) is -0.763. The molecule has 60 valence electrons. The molecule has 0 unspecified atom stereocenters. The van der Waals surface area contributed by atoms with Gasteiger partial charge in [0.1, 0.15) is 6.73 Å². The third kappa shape index (κ3) is 15.7. The minimum Gasteiger partial charge on any atom is -0.397 e. The maximum Gasteiger partial charge on any atom is 0.245 e. The molecule has 0 aromatic rings. The third-order valence-electron chi connectivity index (χ3n) is 0.439. The molecule has 0 aromatic carbocycles. The lowest BCUT2D eigenvalue weighted by molar-refractivity contribution is -0.117. The van der Waals surface area contributed by atoms with Gasteiger partial charge in [-0.25, -0.2) is 0 Å². The van der Waals surface area contributed by atoms with E-state index in [0.29, 0.717) is 0 Å². The van der Waals surface area contributed by atoms with Gasteiger partial charge in [-0.3, -0.25) is 4.79 Å². The van der Waals surface area contributed by atoms with E-state index in [0.717, 1.165) is 6.08 Å². The number of hydrogen-bond donors (Lipinski definition) is 3. The van der Waals surface area contributed by atoms with E-state index in [-0.39, 0.29) is 19.2 Å². The molecular weight excluding hydrogens is 134 g/mol. The van der Waals surface area contributed by atoms with Gasteiger partial charge in [0.15, 0.2) is 0 Å². The molecule has 0 fully saturated rings. The average molecular weight is 147 g/mol. The maximum atomic E-state index is 10.0. The van der Waals surface area contributed by atoms with E-state index in [4.69, 9.17) is 10.2 Å². The van der Waals surface area contributed by atoms with Gasteiger partial charge >= 0.3 is 0 Å². The molecule has 0 aliphatic heterocycles. The van der Waals surface area contributed by atoms with Crippen molar-refractivity contribution in [3.63, 3.8) is 0 Å². The van der Waals surface area contributed by atoms with Crippen molar-refractivity contribution in [1.29, 1.82) is 0 Å². The van der Waals surface area contributed by atoms with Crippen LogP contribution in [0.15, 0.2) is 12.7 Å². The average Bonchev–Trinajstić information content (AvgIpc) is 1.90. The van der Waals surface area contributed by atoms with Crippen LogP contribution in [0.25, 0.3) is 0 Å². The third-order valence-corrected chi connectivity index (χ3v) is 0.439. The van der Waals surface area contributed by atoms with Crippen LogP contribution in [0.3, 0.4) is 0 Å². The van der Waals surface area contributed by atoms with E-state index in [1.54, 1.807) is 6.92 Å². The molecule has 0 atom stereocenters. The molecule has 0 bridgehead atoms. The first-order chi connectivity index (χ1) is 4.72. The fraction of sp³-hybridized carbons (Fsp3) is 0.500. The molecule has 0 saturated carbocycles. The first-order valence-electron chi connectivity index (χ1n) is 2.84. The van der Waals surface area contributed by atoms with Crippen LogP contribution in [0.2, 0.25) is 0 Å². The highest BCUT2D eigenvalue weighted by Gasteiger charge is 1.84. The summed E-state index contributed by atoms with van der Waals surface area (Å²) in [5.74, 6) is -0.359. The summed E-state index contributed by atoms with van der Waals surface area (Å²) in [7, 11) is 0. The van der Waals surface area contributed by atoms with Crippen LogP contribution in [0.1, 0.15) is 6.92 Å². The molecule has 4 heteroatoms. The second kappa shape index (κ2) is 11.0. The summed E-state index contributed by atoms with van der Waals surface area (Å²) in [4.78, 5) is 10.0. The second-order valence-corrected chi connectivity index (χ2v) is 1.22. The summed E-state index contributed by atoms with van der Waals surface area (Å²) in [6, 6.07) is 0. The number of rotatable bonds is 2. The zero-order chi connectivity index (χ0) is 8.41. The fourth-order valence-electron chi connectivity index (χ4n) is 0.150. The Bertz CT molecular complexity index is 93.0. The molecular formula is C6H13NO3. The SMILES string of the molecule is C=CC(=O)NCO.CCO. The Kier molecular flexibility index (Phi) is 13.1. The smallest absolute Gasteiger partial charge is 0.245 e. The lowest BCUT2D eigenvalue weighted by Gasteiger charge is -1.89. The van der Waals surface area contributed by atoms with Crippen molar-refractivity contribution in [2.24, 2.45) is 0 Å². The summed E-state index contributed by atoms with van der Waals surface area (Å²) >= 11 is 0. The minimum atomic E-state index is -0.359. The Balaban J connectivity index is 0. The molecule has 0 rings (SSSR count). The molecule has 0 radical (unpaired) electrons. The quantitative estimate of drug-likeness (QED) is 0.355. The van der Waals surface area contributed by atoms with Crippen molar-refractivity contribution in [1.82, 2.24) is 5.32 Å². The van der Waals surface area contributed by atoms with Crippen LogP contribution >= 0.6 is 0 Å². The minimum absolute atomic E-state index is 0.250. The molecule has 0 spiro atoms.